The SMILES string of the molecule is CCc1cc(S(=O)c2ccccc2)ccc1NS(=O)(=O)C(F)(F)F. The number of hydrogen-bond acceptors (Lipinski definition) is 3. The highest BCUT2D eigenvalue weighted by Crippen LogP contribution is 2.29. The zero-order valence-electron chi connectivity index (χ0n) is 12.5. The molecule has 0 aliphatic rings. The zero-order valence-corrected chi connectivity index (χ0v) is 14.1. The van der Waals surface area contributed by atoms with Crippen LogP contribution in [0.1, 0.15) is 12.5 Å². The third-order valence-electron chi connectivity index (χ3n) is 3.18. The second-order valence-corrected chi connectivity index (χ2v) is 7.96. The highest BCUT2D eigenvalue weighted by Gasteiger charge is 2.46. The highest BCUT2D eigenvalue weighted by molar-refractivity contribution is 7.93. The number of benzene rings is 2. The van der Waals surface area contributed by atoms with Crippen LogP contribution in [0.4, 0.5) is 18.9 Å². The van der Waals surface area contributed by atoms with Gasteiger partial charge >= 0.3 is 15.5 Å². The van der Waals surface area contributed by atoms with Crippen molar-refractivity contribution in [2.75, 3.05) is 4.72 Å². The van der Waals surface area contributed by atoms with Crippen molar-refractivity contribution in [2.24, 2.45) is 0 Å². The van der Waals surface area contributed by atoms with E-state index in [2.05, 4.69) is 0 Å². The quantitative estimate of drug-likeness (QED) is 0.865. The smallest absolute Gasteiger partial charge is 0.276 e. The van der Waals surface area contributed by atoms with Crippen molar-refractivity contribution in [3.8, 4) is 0 Å². The van der Waals surface area contributed by atoms with Crippen LogP contribution in [-0.4, -0.2) is 18.1 Å². The molecular formula is C15H14F3NO3S2. The number of hydrogen-bond donors (Lipinski definition) is 1. The fraction of sp³-hybridized carbons (Fsp3) is 0.200. The van der Waals surface area contributed by atoms with Crippen LogP contribution in [0.3, 0.4) is 0 Å². The van der Waals surface area contributed by atoms with Gasteiger partial charge in [0.25, 0.3) is 0 Å². The summed E-state index contributed by atoms with van der Waals surface area (Å²) in [6, 6.07) is 12.5. The van der Waals surface area contributed by atoms with E-state index in [1.165, 1.54) is 22.9 Å². The number of alkyl halides is 3. The summed E-state index contributed by atoms with van der Waals surface area (Å²) in [5.41, 5.74) is -5.25. The van der Waals surface area contributed by atoms with Crippen LogP contribution in [0.2, 0.25) is 0 Å². The summed E-state index contributed by atoms with van der Waals surface area (Å²) in [7, 11) is -7.00. The average molecular weight is 377 g/mol. The number of sulfonamides is 1. The summed E-state index contributed by atoms with van der Waals surface area (Å²) in [5.74, 6) is 0. The molecule has 2 aromatic rings. The largest absolute Gasteiger partial charge is 0.516 e. The average Bonchev–Trinajstić information content (AvgIpc) is 2.54. The number of anilines is 1. The standard InChI is InChI=1S/C15H14F3NO3S2/c1-2-11-10-13(23(20)12-6-4-3-5-7-12)8-9-14(11)19-24(21,22)15(16,17)18/h3-10,19H,2H2,1H3. The van der Waals surface area contributed by atoms with Gasteiger partial charge in [-0.1, -0.05) is 25.1 Å². The van der Waals surface area contributed by atoms with E-state index in [0.29, 0.717) is 15.4 Å². The Morgan fingerprint density at radius 3 is 2.21 bits per heavy atom. The minimum absolute atomic E-state index is 0.177. The zero-order chi connectivity index (χ0) is 18.0. The maximum atomic E-state index is 12.5. The minimum Gasteiger partial charge on any atom is -0.276 e. The molecule has 0 spiro atoms. The normalized spacial score (nSPS) is 13.5. The first-order valence-electron chi connectivity index (χ1n) is 6.84. The molecule has 0 saturated carbocycles. The number of rotatable bonds is 5. The molecule has 0 fully saturated rings. The topological polar surface area (TPSA) is 63.2 Å². The molecule has 4 nitrogen and oxygen atoms in total. The van der Waals surface area contributed by atoms with Gasteiger partial charge in [-0.2, -0.15) is 21.6 Å². The van der Waals surface area contributed by atoms with Gasteiger partial charge in [0.15, 0.2) is 0 Å². The van der Waals surface area contributed by atoms with Crippen LogP contribution in [0.25, 0.3) is 0 Å². The van der Waals surface area contributed by atoms with Crippen LogP contribution in [-0.2, 0) is 27.2 Å². The van der Waals surface area contributed by atoms with E-state index in [1.807, 2.05) is 0 Å². The Hall–Kier alpha value is -1.87. The molecule has 0 aliphatic carbocycles. The minimum atomic E-state index is -5.49. The third kappa shape index (κ3) is 3.96. The first-order chi connectivity index (χ1) is 11.2. The Balaban J connectivity index is 2.37. The molecule has 1 N–H and O–H groups in total. The molecule has 0 amide bonds. The van der Waals surface area contributed by atoms with Crippen molar-refractivity contribution < 1.29 is 25.8 Å². The van der Waals surface area contributed by atoms with E-state index < -0.39 is 26.3 Å². The molecule has 0 heterocycles. The predicted molar refractivity (Wildman–Crippen MR) is 85.5 cm³/mol. The molecular weight excluding hydrogens is 363 g/mol. The Labute approximate surface area is 140 Å². The molecule has 0 saturated heterocycles. The molecule has 2 rings (SSSR count). The van der Waals surface area contributed by atoms with Crippen molar-refractivity contribution >= 4 is 26.5 Å². The molecule has 9 heteroatoms. The van der Waals surface area contributed by atoms with Gasteiger partial charge in [-0.25, -0.2) is 4.21 Å². The predicted octanol–water partition coefficient (Wildman–Crippen LogP) is 3.68. The molecule has 130 valence electrons. The summed E-state index contributed by atoms with van der Waals surface area (Å²) < 4.78 is 73.9. The molecule has 0 aromatic heterocycles. The van der Waals surface area contributed by atoms with E-state index >= 15 is 0 Å². The Morgan fingerprint density at radius 1 is 1.04 bits per heavy atom. The van der Waals surface area contributed by atoms with Crippen LogP contribution in [0.15, 0.2) is 58.3 Å². The molecule has 2 aromatic carbocycles. The van der Waals surface area contributed by atoms with Crippen LogP contribution in [0.5, 0.6) is 0 Å². The summed E-state index contributed by atoms with van der Waals surface area (Å²) >= 11 is 0. The molecule has 1 atom stereocenters. The lowest BCUT2D eigenvalue weighted by Gasteiger charge is -2.14. The van der Waals surface area contributed by atoms with Crippen molar-refractivity contribution in [3.63, 3.8) is 0 Å². The molecule has 0 radical (unpaired) electrons. The van der Waals surface area contributed by atoms with Crippen molar-refractivity contribution in [2.45, 2.75) is 28.6 Å². The van der Waals surface area contributed by atoms with Crippen LogP contribution < -0.4 is 4.72 Å². The highest BCUT2D eigenvalue weighted by atomic mass is 32.2. The molecule has 1 unspecified atom stereocenters. The van der Waals surface area contributed by atoms with E-state index in [0.717, 1.165) is 0 Å². The third-order valence-corrected chi connectivity index (χ3v) is 5.66. The number of nitrogens with one attached hydrogen (secondary N) is 1. The van der Waals surface area contributed by atoms with E-state index in [9.17, 15) is 25.8 Å². The fourth-order valence-corrected chi connectivity index (χ4v) is 3.68. The van der Waals surface area contributed by atoms with Gasteiger partial charge in [0.2, 0.25) is 0 Å². The lowest BCUT2D eigenvalue weighted by Crippen LogP contribution is -2.30. The Kier molecular flexibility index (Phi) is 5.34. The van der Waals surface area contributed by atoms with Crippen molar-refractivity contribution in [1.82, 2.24) is 0 Å². The summed E-state index contributed by atoms with van der Waals surface area (Å²) in [4.78, 5) is 0.927. The van der Waals surface area contributed by atoms with Gasteiger partial charge in [-0.05, 0) is 42.3 Å². The Bertz CT molecular complexity index is 850. The second-order valence-electron chi connectivity index (χ2n) is 4.81. The van der Waals surface area contributed by atoms with Gasteiger partial charge in [-0.15, -0.1) is 0 Å². The number of halogens is 3. The van der Waals surface area contributed by atoms with Gasteiger partial charge in [0.1, 0.15) is 0 Å². The van der Waals surface area contributed by atoms with Crippen molar-refractivity contribution in [3.05, 3.63) is 54.1 Å². The maximum absolute atomic E-state index is 12.5. The van der Waals surface area contributed by atoms with E-state index in [-0.39, 0.29) is 12.1 Å². The van der Waals surface area contributed by atoms with E-state index in [4.69, 9.17) is 0 Å². The first kappa shape index (κ1) is 18.5. The lowest BCUT2D eigenvalue weighted by molar-refractivity contribution is -0.0429. The van der Waals surface area contributed by atoms with Crippen LogP contribution >= 0.6 is 0 Å². The van der Waals surface area contributed by atoms with E-state index in [1.54, 1.807) is 37.3 Å². The summed E-state index contributed by atoms with van der Waals surface area (Å²) in [5, 5.41) is 0. The first-order valence-corrected chi connectivity index (χ1v) is 9.48. The van der Waals surface area contributed by atoms with Gasteiger partial charge in [0, 0.05) is 9.79 Å². The summed E-state index contributed by atoms with van der Waals surface area (Å²) in [6.07, 6.45) is 0.273. The van der Waals surface area contributed by atoms with Gasteiger partial charge < -0.3 is 0 Å². The van der Waals surface area contributed by atoms with Gasteiger partial charge in [0.05, 0.1) is 16.5 Å². The number of aryl methyl sites for hydroxylation is 1. The van der Waals surface area contributed by atoms with Gasteiger partial charge in [-0.3, -0.25) is 4.72 Å². The van der Waals surface area contributed by atoms with Crippen molar-refractivity contribution in [1.29, 1.82) is 0 Å². The molecule has 24 heavy (non-hydrogen) atoms. The lowest BCUT2D eigenvalue weighted by atomic mass is 10.1. The second kappa shape index (κ2) is 6.94. The summed E-state index contributed by atoms with van der Waals surface area (Å²) in [6.45, 7) is 1.66. The van der Waals surface area contributed by atoms with Crippen LogP contribution in [0, 0.1) is 0 Å². The molecule has 0 bridgehead atoms. The molecule has 0 aliphatic heterocycles. The Morgan fingerprint density at radius 2 is 1.67 bits per heavy atom. The monoisotopic (exact) mass is 377 g/mol. The maximum Gasteiger partial charge on any atom is 0.516 e. The fourth-order valence-electron chi connectivity index (χ4n) is 1.96.